The Balaban J connectivity index is 0.000000188. The molecule has 0 aliphatic rings. The Hall–Kier alpha value is -3.46. The summed E-state index contributed by atoms with van der Waals surface area (Å²) in [7, 11) is 0. The molecule has 0 saturated heterocycles. The number of alkyl halides is 1. The molecule has 0 aliphatic heterocycles. The molecule has 2 heterocycles. The van der Waals surface area contributed by atoms with Gasteiger partial charge in [0.2, 0.25) is 0 Å². The summed E-state index contributed by atoms with van der Waals surface area (Å²) >= 11 is 0. The second-order valence-electron chi connectivity index (χ2n) is 7.50. The Labute approximate surface area is 213 Å². The fourth-order valence-corrected chi connectivity index (χ4v) is 3.38. The van der Waals surface area contributed by atoms with Gasteiger partial charge < -0.3 is 9.97 Å². The molecule has 2 aromatic heterocycles. The van der Waals surface area contributed by atoms with Gasteiger partial charge in [-0.2, -0.15) is 0 Å². The van der Waals surface area contributed by atoms with Crippen LogP contribution in [0.3, 0.4) is 0 Å². The summed E-state index contributed by atoms with van der Waals surface area (Å²) in [5, 5.41) is 0. The molecule has 0 aliphatic carbocycles. The van der Waals surface area contributed by atoms with Crippen LogP contribution in [0.5, 0.6) is 0 Å². The van der Waals surface area contributed by atoms with Crippen LogP contribution < -0.4 is 0 Å². The summed E-state index contributed by atoms with van der Waals surface area (Å²) in [4.78, 5) is 8.66. The molecule has 34 heavy (non-hydrogen) atoms. The maximum Gasteiger partial charge on any atom is 0.0813 e. The number of pyridine rings is 2. The van der Waals surface area contributed by atoms with E-state index >= 15 is 0 Å². The van der Waals surface area contributed by atoms with Gasteiger partial charge in [0.25, 0.3) is 0 Å². The maximum absolute atomic E-state index is 12.7. The van der Waals surface area contributed by atoms with Gasteiger partial charge >= 0.3 is 0 Å². The predicted octanol–water partition coefficient (Wildman–Crippen LogP) is 7.54. The molecule has 2 nitrogen and oxygen atoms in total. The van der Waals surface area contributed by atoms with Crippen LogP contribution in [0.4, 0.5) is 4.39 Å². The molecule has 0 bridgehead atoms. The van der Waals surface area contributed by atoms with Crippen molar-refractivity contribution in [1.29, 1.82) is 0 Å². The van der Waals surface area contributed by atoms with Gasteiger partial charge in [-0.25, -0.2) is 0 Å². The topological polar surface area (TPSA) is 25.8 Å². The number of nitrogens with zero attached hydrogens (tertiary/aromatic N) is 2. The van der Waals surface area contributed by atoms with Crippen molar-refractivity contribution in [3.63, 3.8) is 0 Å². The van der Waals surface area contributed by atoms with E-state index in [4.69, 9.17) is 0 Å². The smallest absolute Gasteiger partial charge is 0.0813 e. The van der Waals surface area contributed by atoms with Crippen LogP contribution in [-0.2, 0) is 26.8 Å². The first-order valence-electron chi connectivity index (χ1n) is 10.7. The molecule has 0 spiro atoms. The van der Waals surface area contributed by atoms with E-state index in [1.54, 1.807) is 24.4 Å². The summed E-state index contributed by atoms with van der Waals surface area (Å²) in [6.45, 7) is 1.49. The quantitative estimate of drug-likeness (QED) is 0.194. The average molecular weight is 623 g/mol. The first kappa shape index (κ1) is 25.2. The molecule has 0 amide bonds. The van der Waals surface area contributed by atoms with Crippen molar-refractivity contribution in [2.45, 2.75) is 13.6 Å². The summed E-state index contributed by atoms with van der Waals surface area (Å²) < 4.78 is 12.7. The Morgan fingerprint density at radius 1 is 0.735 bits per heavy atom. The van der Waals surface area contributed by atoms with Crippen molar-refractivity contribution in [2.75, 3.05) is 0 Å². The van der Waals surface area contributed by atoms with Crippen LogP contribution in [0.2, 0.25) is 0 Å². The van der Waals surface area contributed by atoms with Crippen molar-refractivity contribution < 1.29 is 24.5 Å². The van der Waals surface area contributed by atoms with Crippen LogP contribution in [0.15, 0.2) is 109 Å². The monoisotopic (exact) mass is 623 g/mol. The maximum atomic E-state index is 12.7. The molecule has 0 unspecified atom stereocenters. The van der Waals surface area contributed by atoms with Gasteiger partial charge in [0.15, 0.2) is 0 Å². The number of halogens is 1. The number of hydrogen-bond donors (Lipinski definition) is 0. The van der Waals surface area contributed by atoms with E-state index in [1.807, 2.05) is 73.8 Å². The van der Waals surface area contributed by atoms with Crippen molar-refractivity contribution in [3.05, 3.63) is 133 Å². The average Bonchev–Trinajstić information content (AvgIpc) is 2.91. The van der Waals surface area contributed by atoms with Crippen LogP contribution in [0, 0.1) is 19.1 Å². The molecule has 0 atom stereocenters. The molecule has 5 aromatic rings. The van der Waals surface area contributed by atoms with Crippen LogP contribution >= 0.6 is 0 Å². The van der Waals surface area contributed by atoms with Gasteiger partial charge in [0.05, 0.1) is 6.67 Å². The number of aryl methyl sites for hydroxylation is 1. The summed E-state index contributed by atoms with van der Waals surface area (Å²) in [5.41, 5.74) is 7.61. The molecular weight excluding hydrogens is 600 g/mol. The molecule has 0 fully saturated rings. The third-order valence-corrected chi connectivity index (χ3v) is 5.11. The first-order valence-corrected chi connectivity index (χ1v) is 10.7. The summed E-state index contributed by atoms with van der Waals surface area (Å²) in [5.74, 6) is 0. The van der Waals surface area contributed by atoms with E-state index in [0.717, 1.165) is 28.1 Å². The third-order valence-electron chi connectivity index (χ3n) is 5.11. The standard InChI is InChI=1S/C17H12N.C13H11FN.Ir/c1-3-7-14(8-4-1)16-11-12-18-17(13-16)15-9-5-2-6-10-15;1-10-6-7-13(15-9-10)12-5-3-2-4-11(12)8-14;/h1-9,11-13H;2-4,6-7,9H,8H2,1H3;/q2*-1;. The Morgan fingerprint density at radius 3 is 2.24 bits per heavy atom. The van der Waals surface area contributed by atoms with Gasteiger partial charge in [-0.15, -0.1) is 65.7 Å². The normalized spacial score (nSPS) is 9.94. The van der Waals surface area contributed by atoms with Crippen LogP contribution in [0.25, 0.3) is 33.6 Å². The molecular formula is C30H23FIrN2-2. The number of aromatic nitrogens is 2. The van der Waals surface area contributed by atoms with E-state index in [0.29, 0.717) is 5.56 Å². The van der Waals surface area contributed by atoms with E-state index in [-0.39, 0.29) is 20.1 Å². The number of hydrogen-bond acceptors (Lipinski definition) is 2. The van der Waals surface area contributed by atoms with Crippen LogP contribution in [-0.4, -0.2) is 9.97 Å². The SMILES string of the molecule is Cc1ccc(-c2[c-]cccc2CF)nc1.[Ir].[c-]1ccccc1-c1cc(-c2ccccc2)ccn1. The van der Waals surface area contributed by atoms with Gasteiger partial charge in [-0.3, -0.25) is 4.39 Å². The van der Waals surface area contributed by atoms with E-state index in [9.17, 15) is 4.39 Å². The van der Waals surface area contributed by atoms with Gasteiger partial charge in [-0.1, -0.05) is 54.1 Å². The minimum absolute atomic E-state index is 0. The largest absolute Gasteiger partial charge is 0.305 e. The Morgan fingerprint density at radius 2 is 1.53 bits per heavy atom. The molecule has 0 N–H and O–H groups in total. The molecule has 171 valence electrons. The molecule has 0 saturated carbocycles. The minimum Gasteiger partial charge on any atom is -0.305 e. The Bertz CT molecular complexity index is 1240. The van der Waals surface area contributed by atoms with E-state index in [1.165, 1.54) is 11.1 Å². The van der Waals surface area contributed by atoms with Crippen molar-refractivity contribution in [3.8, 4) is 33.6 Å². The zero-order valence-corrected chi connectivity index (χ0v) is 21.1. The van der Waals surface area contributed by atoms with Crippen molar-refractivity contribution in [1.82, 2.24) is 9.97 Å². The molecule has 1 radical (unpaired) electrons. The molecule has 3 aromatic carbocycles. The zero-order chi connectivity index (χ0) is 22.9. The van der Waals surface area contributed by atoms with E-state index in [2.05, 4.69) is 40.3 Å². The van der Waals surface area contributed by atoms with Gasteiger partial charge in [0.1, 0.15) is 0 Å². The zero-order valence-electron chi connectivity index (χ0n) is 18.7. The second-order valence-corrected chi connectivity index (χ2v) is 7.50. The second kappa shape index (κ2) is 12.7. The number of rotatable bonds is 4. The Kier molecular flexibility index (Phi) is 9.39. The van der Waals surface area contributed by atoms with Gasteiger partial charge in [-0.05, 0) is 41.1 Å². The summed E-state index contributed by atoms with van der Waals surface area (Å²) in [6.07, 6.45) is 3.62. The first-order chi connectivity index (χ1) is 16.2. The van der Waals surface area contributed by atoms with Crippen molar-refractivity contribution in [2.24, 2.45) is 0 Å². The minimum atomic E-state index is -0.484. The molecule has 4 heteroatoms. The number of benzene rings is 3. The fraction of sp³-hybridized carbons (Fsp3) is 0.0667. The van der Waals surface area contributed by atoms with Gasteiger partial charge in [0, 0.05) is 32.5 Å². The fourth-order valence-electron chi connectivity index (χ4n) is 3.38. The predicted molar refractivity (Wildman–Crippen MR) is 132 cm³/mol. The molecule has 5 rings (SSSR count). The van der Waals surface area contributed by atoms with Crippen molar-refractivity contribution >= 4 is 0 Å². The summed E-state index contributed by atoms with van der Waals surface area (Å²) in [6, 6.07) is 37.7. The van der Waals surface area contributed by atoms with Crippen LogP contribution in [0.1, 0.15) is 11.1 Å². The van der Waals surface area contributed by atoms with E-state index < -0.39 is 6.67 Å². The third kappa shape index (κ3) is 6.54.